The van der Waals surface area contributed by atoms with Crippen LogP contribution < -0.4 is 5.32 Å². The molecule has 0 spiro atoms. The summed E-state index contributed by atoms with van der Waals surface area (Å²) in [6.45, 7) is 10.4. The van der Waals surface area contributed by atoms with Crippen molar-refractivity contribution >= 4 is 11.6 Å². The second-order valence-corrected chi connectivity index (χ2v) is 5.96. The minimum Gasteiger partial charge on any atom is -0.312 e. The normalized spacial score (nSPS) is 12.2. The standard InChI is InChI=1S/C14H21ClFN/c1-10(2)14(3,4)9-17-8-11-5-12(15)7-13(16)6-11/h5-7,10,17H,8-9H2,1-4H3. The van der Waals surface area contributed by atoms with Crippen molar-refractivity contribution in [1.82, 2.24) is 5.32 Å². The van der Waals surface area contributed by atoms with Crippen molar-refractivity contribution in [3.8, 4) is 0 Å². The van der Waals surface area contributed by atoms with E-state index in [1.807, 2.05) is 0 Å². The summed E-state index contributed by atoms with van der Waals surface area (Å²) in [6.07, 6.45) is 0. The predicted octanol–water partition coefficient (Wildman–Crippen LogP) is 4.25. The molecule has 0 aliphatic carbocycles. The first-order chi connectivity index (χ1) is 7.81. The molecule has 0 unspecified atom stereocenters. The summed E-state index contributed by atoms with van der Waals surface area (Å²) in [6, 6.07) is 4.63. The molecule has 1 aromatic carbocycles. The fourth-order valence-corrected chi connectivity index (χ4v) is 1.69. The Morgan fingerprint density at radius 1 is 1.29 bits per heavy atom. The van der Waals surface area contributed by atoms with Crippen LogP contribution in [0.3, 0.4) is 0 Å². The van der Waals surface area contributed by atoms with Gasteiger partial charge >= 0.3 is 0 Å². The molecule has 0 atom stereocenters. The molecule has 0 saturated heterocycles. The first-order valence-corrected chi connectivity index (χ1v) is 6.35. The Morgan fingerprint density at radius 3 is 2.47 bits per heavy atom. The van der Waals surface area contributed by atoms with E-state index < -0.39 is 0 Å². The highest BCUT2D eigenvalue weighted by Gasteiger charge is 2.21. The molecule has 1 rings (SSSR count). The van der Waals surface area contributed by atoms with Gasteiger partial charge in [0.15, 0.2) is 0 Å². The van der Waals surface area contributed by atoms with Crippen molar-refractivity contribution in [3.63, 3.8) is 0 Å². The monoisotopic (exact) mass is 257 g/mol. The first kappa shape index (κ1) is 14.5. The van der Waals surface area contributed by atoms with Gasteiger partial charge in [-0.05, 0) is 35.1 Å². The van der Waals surface area contributed by atoms with Crippen LogP contribution in [-0.2, 0) is 6.54 Å². The van der Waals surface area contributed by atoms with E-state index in [0.717, 1.165) is 12.1 Å². The summed E-state index contributed by atoms with van der Waals surface area (Å²) >= 11 is 5.80. The van der Waals surface area contributed by atoms with Crippen molar-refractivity contribution < 1.29 is 4.39 Å². The molecule has 1 N–H and O–H groups in total. The Morgan fingerprint density at radius 2 is 1.94 bits per heavy atom. The van der Waals surface area contributed by atoms with E-state index in [-0.39, 0.29) is 11.2 Å². The fraction of sp³-hybridized carbons (Fsp3) is 0.571. The van der Waals surface area contributed by atoms with E-state index in [9.17, 15) is 4.39 Å². The minimum absolute atomic E-state index is 0.233. The van der Waals surface area contributed by atoms with Gasteiger partial charge in [-0.2, -0.15) is 0 Å². The van der Waals surface area contributed by atoms with Gasteiger partial charge < -0.3 is 5.32 Å². The van der Waals surface area contributed by atoms with Crippen LogP contribution in [-0.4, -0.2) is 6.54 Å². The van der Waals surface area contributed by atoms with E-state index in [4.69, 9.17) is 11.6 Å². The van der Waals surface area contributed by atoms with Crippen LogP contribution >= 0.6 is 11.6 Å². The molecular weight excluding hydrogens is 237 g/mol. The van der Waals surface area contributed by atoms with Gasteiger partial charge in [-0.1, -0.05) is 39.3 Å². The Kier molecular flexibility index (Phi) is 4.96. The lowest BCUT2D eigenvalue weighted by atomic mass is 9.81. The smallest absolute Gasteiger partial charge is 0.125 e. The quantitative estimate of drug-likeness (QED) is 0.832. The fourth-order valence-electron chi connectivity index (χ4n) is 1.45. The number of rotatable bonds is 5. The molecular formula is C14H21ClFN. The molecule has 0 bridgehead atoms. The zero-order chi connectivity index (χ0) is 13.1. The van der Waals surface area contributed by atoms with E-state index in [0.29, 0.717) is 17.5 Å². The zero-order valence-electron chi connectivity index (χ0n) is 11.0. The molecule has 0 radical (unpaired) electrons. The van der Waals surface area contributed by atoms with Crippen molar-refractivity contribution in [2.45, 2.75) is 34.2 Å². The van der Waals surface area contributed by atoms with Crippen LogP contribution in [0.15, 0.2) is 18.2 Å². The van der Waals surface area contributed by atoms with Crippen LogP contribution in [0.2, 0.25) is 5.02 Å². The van der Waals surface area contributed by atoms with Gasteiger partial charge in [0.2, 0.25) is 0 Å². The molecule has 0 aliphatic rings. The van der Waals surface area contributed by atoms with E-state index in [1.165, 1.54) is 12.1 Å². The van der Waals surface area contributed by atoms with Crippen LogP contribution in [0.5, 0.6) is 0 Å². The van der Waals surface area contributed by atoms with Crippen LogP contribution in [0.4, 0.5) is 4.39 Å². The summed E-state index contributed by atoms with van der Waals surface area (Å²) < 4.78 is 13.1. The largest absolute Gasteiger partial charge is 0.312 e. The van der Waals surface area contributed by atoms with Gasteiger partial charge in [-0.25, -0.2) is 4.39 Å². The molecule has 1 aromatic rings. The van der Waals surface area contributed by atoms with E-state index >= 15 is 0 Å². The summed E-state index contributed by atoms with van der Waals surface area (Å²) in [5.74, 6) is 0.323. The maximum atomic E-state index is 13.1. The van der Waals surface area contributed by atoms with Gasteiger partial charge in [0, 0.05) is 18.1 Å². The minimum atomic E-state index is -0.280. The van der Waals surface area contributed by atoms with Crippen LogP contribution in [0.25, 0.3) is 0 Å². The van der Waals surface area contributed by atoms with Gasteiger partial charge in [-0.3, -0.25) is 0 Å². The molecule has 3 heteroatoms. The molecule has 0 fully saturated rings. The molecule has 1 nitrogen and oxygen atoms in total. The highest BCUT2D eigenvalue weighted by atomic mass is 35.5. The second kappa shape index (κ2) is 5.83. The van der Waals surface area contributed by atoms with E-state index in [1.54, 1.807) is 6.07 Å². The Labute approximate surface area is 108 Å². The number of nitrogens with one attached hydrogen (secondary N) is 1. The lowest BCUT2D eigenvalue weighted by Crippen LogP contribution is -2.33. The third-order valence-electron chi connectivity index (χ3n) is 3.40. The Balaban J connectivity index is 2.51. The molecule has 0 saturated carbocycles. The molecule has 0 amide bonds. The number of hydrogen-bond acceptors (Lipinski definition) is 1. The second-order valence-electron chi connectivity index (χ2n) is 5.52. The van der Waals surface area contributed by atoms with Gasteiger partial charge in [0.05, 0.1) is 0 Å². The van der Waals surface area contributed by atoms with Crippen LogP contribution in [0, 0.1) is 17.2 Å². The highest BCUT2D eigenvalue weighted by Crippen LogP contribution is 2.24. The third kappa shape index (κ3) is 4.64. The third-order valence-corrected chi connectivity index (χ3v) is 3.61. The SMILES string of the molecule is CC(C)C(C)(C)CNCc1cc(F)cc(Cl)c1. The summed E-state index contributed by atoms with van der Waals surface area (Å²) in [7, 11) is 0. The van der Waals surface area contributed by atoms with Gasteiger partial charge in [-0.15, -0.1) is 0 Å². The average molecular weight is 258 g/mol. The molecule has 0 aromatic heterocycles. The lowest BCUT2D eigenvalue weighted by molar-refractivity contribution is 0.238. The number of hydrogen-bond donors (Lipinski definition) is 1. The average Bonchev–Trinajstić information content (AvgIpc) is 2.15. The lowest BCUT2D eigenvalue weighted by Gasteiger charge is -2.29. The summed E-state index contributed by atoms with van der Waals surface area (Å²) in [5.41, 5.74) is 1.12. The van der Waals surface area contributed by atoms with Crippen molar-refractivity contribution in [2.24, 2.45) is 11.3 Å². The van der Waals surface area contributed by atoms with Gasteiger partial charge in [0.1, 0.15) is 5.82 Å². The summed E-state index contributed by atoms with van der Waals surface area (Å²) in [4.78, 5) is 0. The Bertz CT molecular complexity index is 354. The number of benzene rings is 1. The topological polar surface area (TPSA) is 12.0 Å². The predicted molar refractivity (Wildman–Crippen MR) is 71.7 cm³/mol. The van der Waals surface area contributed by atoms with Crippen molar-refractivity contribution in [2.75, 3.05) is 6.54 Å². The highest BCUT2D eigenvalue weighted by molar-refractivity contribution is 6.30. The maximum absolute atomic E-state index is 13.1. The van der Waals surface area contributed by atoms with Gasteiger partial charge in [0.25, 0.3) is 0 Å². The molecule has 0 aliphatic heterocycles. The maximum Gasteiger partial charge on any atom is 0.125 e. The van der Waals surface area contributed by atoms with Crippen LogP contribution in [0.1, 0.15) is 33.3 Å². The molecule has 96 valence electrons. The van der Waals surface area contributed by atoms with Crippen molar-refractivity contribution in [3.05, 3.63) is 34.6 Å². The Hall–Kier alpha value is -0.600. The summed E-state index contributed by atoms with van der Waals surface area (Å²) in [5, 5.41) is 3.80. The molecule has 17 heavy (non-hydrogen) atoms. The van der Waals surface area contributed by atoms with Crippen molar-refractivity contribution in [1.29, 1.82) is 0 Å². The molecule has 0 heterocycles. The zero-order valence-corrected chi connectivity index (χ0v) is 11.7. The number of halogens is 2. The first-order valence-electron chi connectivity index (χ1n) is 5.97. The van der Waals surface area contributed by atoms with E-state index in [2.05, 4.69) is 33.0 Å².